The topological polar surface area (TPSA) is 86.9 Å². The molecule has 0 aromatic carbocycles. The van der Waals surface area contributed by atoms with Crippen LogP contribution >= 0.6 is 0 Å². The molecule has 2 amide bonds. The minimum Gasteiger partial charge on any atom is -0.389 e. The third kappa shape index (κ3) is 3.47. The van der Waals surface area contributed by atoms with E-state index in [1.165, 1.54) is 4.90 Å². The van der Waals surface area contributed by atoms with Gasteiger partial charge in [-0.3, -0.25) is 9.59 Å². The third-order valence-corrected chi connectivity index (χ3v) is 3.66. The van der Waals surface area contributed by atoms with Crippen molar-refractivity contribution < 1.29 is 19.2 Å². The standard InChI is InChI=1S/C15H23N3O4/c1-9(2)5-17-6-12(19)7-18(8-13(17)20)15(21)14-10(3)16-22-11(14)4/h9,12,19H,5-8H2,1-4H3. The summed E-state index contributed by atoms with van der Waals surface area (Å²) in [6.45, 7) is 8.29. The lowest BCUT2D eigenvalue weighted by molar-refractivity contribution is -0.131. The van der Waals surface area contributed by atoms with Gasteiger partial charge in [0.1, 0.15) is 17.9 Å². The van der Waals surface area contributed by atoms with Crippen molar-refractivity contribution in [2.24, 2.45) is 5.92 Å². The van der Waals surface area contributed by atoms with E-state index in [1.807, 2.05) is 13.8 Å². The Morgan fingerprint density at radius 1 is 1.41 bits per heavy atom. The largest absolute Gasteiger partial charge is 0.389 e. The summed E-state index contributed by atoms with van der Waals surface area (Å²) in [6.07, 6.45) is -0.755. The quantitative estimate of drug-likeness (QED) is 0.883. The van der Waals surface area contributed by atoms with Gasteiger partial charge in [0.05, 0.1) is 11.8 Å². The van der Waals surface area contributed by atoms with Crippen LogP contribution in [-0.4, -0.2) is 64.2 Å². The molecule has 1 unspecified atom stereocenters. The van der Waals surface area contributed by atoms with E-state index in [-0.39, 0.29) is 31.4 Å². The summed E-state index contributed by atoms with van der Waals surface area (Å²) in [5, 5.41) is 13.9. The first-order chi connectivity index (χ1) is 10.3. The summed E-state index contributed by atoms with van der Waals surface area (Å²) >= 11 is 0. The number of amides is 2. The second kappa shape index (κ2) is 6.48. The first-order valence-electron chi connectivity index (χ1n) is 7.47. The number of hydrogen-bond acceptors (Lipinski definition) is 5. The Bertz CT molecular complexity index is 548. The molecule has 1 aromatic rings. The smallest absolute Gasteiger partial charge is 0.259 e. The molecule has 0 spiro atoms. The number of aliphatic hydroxyl groups is 1. The van der Waals surface area contributed by atoms with Crippen LogP contribution in [0.4, 0.5) is 0 Å². The zero-order valence-corrected chi connectivity index (χ0v) is 13.5. The fourth-order valence-electron chi connectivity index (χ4n) is 2.71. The van der Waals surface area contributed by atoms with Crippen molar-refractivity contribution in [3.8, 4) is 0 Å². The van der Waals surface area contributed by atoms with Crippen LogP contribution in [0.5, 0.6) is 0 Å². The number of nitrogens with zero attached hydrogens (tertiary/aromatic N) is 3. The van der Waals surface area contributed by atoms with Gasteiger partial charge >= 0.3 is 0 Å². The molecule has 1 aliphatic rings. The Balaban J connectivity index is 2.19. The van der Waals surface area contributed by atoms with E-state index in [0.29, 0.717) is 29.5 Å². The lowest BCUT2D eigenvalue weighted by atomic mass is 10.1. The zero-order chi connectivity index (χ0) is 16.4. The van der Waals surface area contributed by atoms with E-state index in [2.05, 4.69) is 5.16 Å². The maximum Gasteiger partial charge on any atom is 0.259 e. The van der Waals surface area contributed by atoms with E-state index < -0.39 is 6.10 Å². The number of carbonyl (C=O) groups excluding carboxylic acids is 2. The van der Waals surface area contributed by atoms with E-state index >= 15 is 0 Å². The molecule has 0 radical (unpaired) electrons. The van der Waals surface area contributed by atoms with E-state index in [0.717, 1.165) is 0 Å². The molecule has 1 saturated heterocycles. The van der Waals surface area contributed by atoms with Crippen molar-refractivity contribution in [3.05, 3.63) is 17.0 Å². The Hall–Kier alpha value is -1.89. The minimum absolute atomic E-state index is 0.0350. The van der Waals surface area contributed by atoms with Crippen LogP contribution in [0.15, 0.2) is 4.52 Å². The molecule has 0 aliphatic carbocycles. The molecule has 0 saturated carbocycles. The highest BCUT2D eigenvalue weighted by atomic mass is 16.5. The molecule has 1 aliphatic heterocycles. The molecule has 1 fully saturated rings. The van der Waals surface area contributed by atoms with Gasteiger partial charge in [0.25, 0.3) is 5.91 Å². The van der Waals surface area contributed by atoms with Crippen molar-refractivity contribution in [1.29, 1.82) is 0 Å². The molecule has 1 aromatic heterocycles. The van der Waals surface area contributed by atoms with Gasteiger partial charge in [-0.25, -0.2) is 0 Å². The number of aromatic nitrogens is 1. The molecule has 2 heterocycles. The second-order valence-electron chi connectivity index (χ2n) is 6.23. The monoisotopic (exact) mass is 309 g/mol. The molecule has 7 heteroatoms. The molecular formula is C15H23N3O4. The molecule has 0 bridgehead atoms. The first-order valence-corrected chi connectivity index (χ1v) is 7.47. The molecule has 122 valence electrons. The highest BCUT2D eigenvalue weighted by Gasteiger charge is 2.32. The average molecular weight is 309 g/mol. The predicted molar refractivity (Wildman–Crippen MR) is 79.3 cm³/mol. The third-order valence-electron chi connectivity index (χ3n) is 3.66. The Morgan fingerprint density at radius 2 is 2.09 bits per heavy atom. The van der Waals surface area contributed by atoms with Gasteiger partial charge in [0.15, 0.2) is 0 Å². The van der Waals surface area contributed by atoms with Crippen LogP contribution in [0.3, 0.4) is 0 Å². The van der Waals surface area contributed by atoms with E-state index in [4.69, 9.17) is 4.52 Å². The van der Waals surface area contributed by atoms with Crippen molar-refractivity contribution in [1.82, 2.24) is 15.0 Å². The Kier molecular flexibility index (Phi) is 4.85. The highest BCUT2D eigenvalue weighted by molar-refractivity contribution is 5.98. The maximum absolute atomic E-state index is 12.6. The van der Waals surface area contributed by atoms with Crippen LogP contribution in [0, 0.1) is 19.8 Å². The lowest BCUT2D eigenvalue weighted by Gasteiger charge is -2.23. The van der Waals surface area contributed by atoms with E-state index in [9.17, 15) is 14.7 Å². The number of β-amino-alcohol motifs (C(OH)–C–C–N with tert-alkyl or cyclic N) is 1. The van der Waals surface area contributed by atoms with Gasteiger partial charge in [-0.05, 0) is 19.8 Å². The minimum atomic E-state index is -0.755. The normalized spacial score (nSPS) is 19.7. The number of aliphatic hydroxyl groups excluding tert-OH is 1. The summed E-state index contributed by atoms with van der Waals surface area (Å²) in [7, 11) is 0. The van der Waals surface area contributed by atoms with Crippen LogP contribution in [0.1, 0.15) is 35.7 Å². The number of hydrogen-bond donors (Lipinski definition) is 1. The summed E-state index contributed by atoms with van der Waals surface area (Å²) in [4.78, 5) is 27.9. The Morgan fingerprint density at radius 3 is 2.64 bits per heavy atom. The molecular weight excluding hydrogens is 286 g/mol. The first kappa shape index (κ1) is 16.5. The number of carbonyl (C=O) groups is 2. The van der Waals surface area contributed by atoms with Crippen LogP contribution in [-0.2, 0) is 4.79 Å². The number of aryl methyl sites for hydroxylation is 2. The van der Waals surface area contributed by atoms with Crippen molar-refractivity contribution in [2.45, 2.75) is 33.8 Å². The van der Waals surface area contributed by atoms with Gasteiger partial charge < -0.3 is 19.4 Å². The van der Waals surface area contributed by atoms with Gasteiger partial charge in [-0.1, -0.05) is 19.0 Å². The molecule has 2 rings (SSSR count). The maximum atomic E-state index is 12.6. The number of rotatable bonds is 3. The molecule has 22 heavy (non-hydrogen) atoms. The van der Waals surface area contributed by atoms with Crippen LogP contribution in [0.2, 0.25) is 0 Å². The summed E-state index contributed by atoms with van der Waals surface area (Å²) < 4.78 is 5.01. The molecule has 7 nitrogen and oxygen atoms in total. The fraction of sp³-hybridized carbons (Fsp3) is 0.667. The summed E-state index contributed by atoms with van der Waals surface area (Å²) in [5.41, 5.74) is 0.866. The average Bonchev–Trinajstić information content (AvgIpc) is 2.67. The predicted octanol–water partition coefficient (Wildman–Crippen LogP) is 0.593. The van der Waals surface area contributed by atoms with Crippen molar-refractivity contribution >= 4 is 11.8 Å². The van der Waals surface area contributed by atoms with E-state index in [1.54, 1.807) is 18.7 Å². The molecule has 1 N–H and O–H groups in total. The second-order valence-corrected chi connectivity index (χ2v) is 6.23. The summed E-state index contributed by atoms with van der Waals surface area (Å²) in [5.74, 6) is 0.258. The zero-order valence-electron chi connectivity index (χ0n) is 13.5. The fourth-order valence-corrected chi connectivity index (χ4v) is 2.71. The van der Waals surface area contributed by atoms with Crippen LogP contribution < -0.4 is 0 Å². The Labute approximate surface area is 129 Å². The summed E-state index contributed by atoms with van der Waals surface area (Å²) in [6, 6.07) is 0. The lowest BCUT2D eigenvalue weighted by Crippen LogP contribution is -2.40. The van der Waals surface area contributed by atoms with Crippen molar-refractivity contribution in [3.63, 3.8) is 0 Å². The highest BCUT2D eigenvalue weighted by Crippen LogP contribution is 2.17. The SMILES string of the molecule is Cc1noc(C)c1C(=O)N1CC(=O)N(CC(C)C)CC(O)C1. The van der Waals surface area contributed by atoms with Gasteiger partial charge in [-0.15, -0.1) is 0 Å². The van der Waals surface area contributed by atoms with Gasteiger partial charge in [-0.2, -0.15) is 0 Å². The van der Waals surface area contributed by atoms with Gasteiger partial charge in [0.2, 0.25) is 5.91 Å². The molecule has 1 atom stereocenters. The van der Waals surface area contributed by atoms with Crippen LogP contribution in [0.25, 0.3) is 0 Å². The van der Waals surface area contributed by atoms with Crippen molar-refractivity contribution in [2.75, 3.05) is 26.2 Å². The van der Waals surface area contributed by atoms with Gasteiger partial charge in [0, 0.05) is 19.6 Å².